The Balaban J connectivity index is 2.21. The smallest absolute Gasteiger partial charge is 0.125 e. The van der Waals surface area contributed by atoms with Crippen LogP contribution in [0.25, 0.3) is 0 Å². The molecule has 0 aliphatic carbocycles. The molecule has 2 rings (SSSR count). The lowest BCUT2D eigenvalue weighted by Crippen LogP contribution is -2.03. The lowest BCUT2D eigenvalue weighted by atomic mass is 10.1. The highest BCUT2D eigenvalue weighted by Crippen LogP contribution is 2.29. The molecule has 0 fully saturated rings. The molecule has 0 unspecified atom stereocenters. The molecule has 0 spiro atoms. The second-order valence-corrected chi connectivity index (χ2v) is 5.45. The number of anilines is 1. The molecule has 0 bridgehead atoms. The van der Waals surface area contributed by atoms with Crippen LogP contribution in [0.1, 0.15) is 11.1 Å². The predicted molar refractivity (Wildman–Crippen MR) is 84.2 cm³/mol. The molecule has 0 saturated carbocycles. The van der Waals surface area contributed by atoms with Gasteiger partial charge < -0.3 is 10.1 Å². The monoisotopic (exact) mass is 339 g/mol. The maximum Gasteiger partial charge on any atom is 0.125 e. The summed E-state index contributed by atoms with van der Waals surface area (Å²) >= 11 is 9.74. The van der Waals surface area contributed by atoms with Gasteiger partial charge in [0.1, 0.15) is 5.75 Å². The number of rotatable bonds is 4. The third-order valence-electron chi connectivity index (χ3n) is 3.02. The first kappa shape index (κ1) is 14.2. The predicted octanol–water partition coefficient (Wildman–Crippen LogP) is 5.03. The third kappa shape index (κ3) is 3.23. The number of nitrogens with one attached hydrogen (secondary N) is 1. The molecule has 2 aromatic rings. The van der Waals surface area contributed by atoms with Crippen molar-refractivity contribution < 1.29 is 4.74 Å². The van der Waals surface area contributed by atoms with Gasteiger partial charge in [-0.1, -0.05) is 39.7 Å². The van der Waals surface area contributed by atoms with Crippen molar-refractivity contribution in [3.05, 3.63) is 57.0 Å². The largest absolute Gasteiger partial charge is 0.496 e. The SMILES string of the molecule is COc1cccc(Cl)c1CNc1cccc(Br)c1C. The first-order valence-corrected chi connectivity index (χ1v) is 7.11. The van der Waals surface area contributed by atoms with Crippen LogP contribution in [0.2, 0.25) is 5.02 Å². The molecule has 0 saturated heterocycles. The number of ether oxygens (including phenoxy) is 1. The quantitative estimate of drug-likeness (QED) is 0.842. The maximum atomic E-state index is 6.22. The van der Waals surface area contributed by atoms with Gasteiger partial charge in [-0.2, -0.15) is 0 Å². The van der Waals surface area contributed by atoms with E-state index in [0.29, 0.717) is 11.6 Å². The second-order valence-electron chi connectivity index (χ2n) is 4.19. The molecule has 0 aliphatic rings. The molecule has 0 atom stereocenters. The van der Waals surface area contributed by atoms with Crippen LogP contribution in [-0.4, -0.2) is 7.11 Å². The van der Waals surface area contributed by atoms with Gasteiger partial charge in [0.25, 0.3) is 0 Å². The molecule has 1 N–H and O–H groups in total. The summed E-state index contributed by atoms with van der Waals surface area (Å²) in [5.74, 6) is 0.799. The van der Waals surface area contributed by atoms with E-state index in [-0.39, 0.29) is 0 Å². The van der Waals surface area contributed by atoms with E-state index in [4.69, 9.17) is 16.3 Å². The lowest BCUT2D eigenvalue weighted by Gasteiger charge is -2.14. The van der Waals surface area contributed by atoms with Crippen molar-refractivity contribution in [3.8, 4) is 5.75 Å². The average Bonchev–Trinajstić information content (AvgIpc) is 2.41. The maximum absolute atomic E-state index is 6.22. The third-order valence-corrected chi connectivity index (χ3v) is 4.23. The van der Waals surface area contributed by atoms with E-state index < -0.39 is 0 Å². The van der Waals surface area contributed by atoms with Crippen LogP contribution in [0, 0.1) is 6.92 Å². The molecule has 4 heteroatoms. The fraction of sp³-hybridized carbons (Fsp3) is 0.200. The number of benzene rings is 2. The molecular weight excluding hydrogens is 326 g/mol. The molecule has 2 aromatic carbocycles. The van der Waals surface area contributed by atoms with Crippen LogP contribution in [0.5, 0.6) is 5.75 Å². The van der Waals surface area contributed by atoms with Gasteiger partial charge in [-0.3, -0.25) is 0 Å². The van der Waals surface area contributed by atoms with Crippen LogP contribution >= 0.6 is 27.5 Å². The highest BCUT2D eigenvalue weighted by molar-refractivity contribution is 9.10. The molecule has 0 amide bonds. The molecule has 0 aliphatic heterocycles. The summed E-state index contributed by atoms with van der Waals surface area (Å²) in [5, 5.41) is 4.10. The molecule has 2 nitrogen and oxygen atoms in total. The molecule has 0 radical (unpaired) electrons. The van der Waals surface area contributed by atoms with E-state index in [1.807, 2.05) is 36.4 Å². The van der Waals surface area contributed by atoms with Crippen molar-refractivity contribution in [3.63, 3.8) is 0 Å². The van der Waals surface area contributed by atoms with Crippen molar-refractivity contribution in [1.82, 2.24) is 0 Å². The summed E-state index contributed by atoms with van der Waals surface area (Å²) in [5.41, 5.74) is 3.22. The lowest BCUT2D eigenvalue weighted by molar-refractivity contribution is 0.410. The van der Waals surface area contributed by atoms with E-state index in [1.54, 1.807) is 7.11 Å². The van der Waals surface area contributed by atoms with Gasteiger partial charge in [0.2, 0.25) is 0 Å². The van der Waals surface area contributed by atoms with Gasteiger partial charge in [-0.15, -0.1) is 0 Å². The van der Waals surface area contributed by atoms with Gasteiger partial charge in [0, 0.05) is 27.3 Å². The van der Waals surface area contributed by atoms with Crippen LogP contribution in [-0.2, 0) is 6.54 Å². The van der Waals surface area contributed by atoms with Crippen molar-refractivity contribution in [2.75, 3.05) is 12.4 Å². The van der Waals surface area contributed by atoms with Crippen molar-refractivity contribution >= 4 is 33.2 Å². The number of methoxy groups -OCH3 is 1. The highest BCUT2D eigenvalue weighted by atomic mass is 79.9. The van der Waals surface area contributed by atoms with Gasteiger partial charge >= 0.3 is 0 Å². The standard InChI is InChI=1S/C15H15BrClNO/c1-10-12(16)5-3-7-14(10)18-9-11-13(17)6-4-8-15(11)19-2/h3-8,18H,9H2,1-2H3. The number of hydrogen-bond donors (Lipinski definition) is 1. The fourth-order valence-electron chi connectivity index (χ4n) is 1.88. The summed E-state index contributed by atoms with van der Waals surface area (Å²) in [6, 6.07) is 11.7. The summed E-state index contributed by atoms with van der Waals surface area (Å²) in [6.45, 7) is 2.69. The van der Waals surface area contributed by atoms with Crippen LogP contribution in [0.15, 0.2) is 40.9 Å². The van der Waals surface area contributed by atoms with E-state index in [1.165, 1.54) is 5.56 Å². The minimum absolute atomic E-state index is 0.625. The van der Waals surface area contributed by atoms with E-state index in [9.17, 15) is 0 Å². The Hall–Kier alpha value is -1.19. The van der Waals surface area contributed by atoms with Crippen molar-refractivity contribution in [2.24, 2.45) is 0 Å². The average molecular weight is 341 g/mol. The minimum Gasteiger partial charge on any atom is -0.496 e. The summed E-state index contributed by atoms with van der Waals surface area (Å²) in [6.07, 6.45) is 0. The zero-order valence-corrected chi connectivity index (χ0v) is 13.2. The van der Waals surface area contributed by atoms with E-state index in [2.05, 4.69) is 28.2 Å². The number of halogens is 2. The molecular formula is C15H15BrClNO. The molecule has 19 heavy (non-hydrogen) atoms. The first-order valence-electron chi connectivity index (χ1n) is 5.94. The minimum atomic E-state index is 0.625. The fourth-order valence-corrected chi connectivity index (χ4v) is 2.48. The van der Waals surface area contributed by atoms with Gasteiger partial charge in [0.15, 0.2) is 0 Å². The number of hydrogen-bond acceptors (Lipinski definition) is 2. The first-order chi connectivity index (χ1) is 9.13. The normalized spacial score (nSPS) is 10.3. The molecule has 100 valence electrons. The summed E-state index contributed by atoms with van der Waals surface area (Å²) < 4.78 is 6.42. The summed E-state index contributed by atoms with van der Waals surface area (Å²) in [7, 11) is 1.65. The Kier molecular flexibility index (Phi) is 4.72. The van der Waals surface area contributed by atoms with Crippen molar-refractivity contribution in [1.29, 1.82) is 0 Å². The highest BCUT2D eigenvalue weighted by Gasteiger charge is 2.08. The topological polar surface area (TPSA) is 21.3 Å². The Morgan fingerprint density at radius 2 is 1.95 bits per heavy atom. The zero-order valence-electron chi connectivity index (χ0n) is 10.8. The molecule has 0 heterocycles. The van der Waals surface area contributed by atoms with Crippen LogP contribution in [0.3, 0.4) is 0 Å². The van der Waals surface area contributed by atoms with Crippen molar-refractivity contribution in [2.45, 2.75) is 13.5 Å². The second kappa shape index (κ2) is 6.31. The van der Waals surface area contributed by atoms with Gasteiger partial charge in [-0.05, 0) is 36.8 Å². The summed E-state index contributed by atoms with van der Waals surface area (Å²) in [4.78, 5) is 0. The Labute approximate surface area is 126 Å². The Morgan fingerprint density at radius 1 is 1.21 bits per heavy atom. The zero-order chi connectivity index (χ0) is 13.8. The van der Waals surface area contributed by atoms with Gasteiger partial charge in [-0.25, -0.2) is 0 Å². The molecule has 0 aromatic heterocycles. The van der Waals surface area contributed by atoms with Crippen LogP contribution < -0.4 is 10.1 Å². The van der Waals surface area contributed by atoms with E-state index in [0.717, 1.165) is 21.5 Å². The Bertz CT molecular complexity index is 586. The van der Waals surface area contributed by atoms with Crippen LogP contribution in [0.4, 0.5) is 5.69 Å². The van der Waals surface area contributed by atoms with Gasteiger partial charge in [0.05, 0.1) is 7.11 Å². The van der Waals surface area contributed by atoms with E-state index >= 15 is 0 Å². The Morgan fingerprint density at radius 3 is 2.68 bits per heavy atom.